The van der Waals surface area contributed by atoms with Gasteiger partial charge in [0.15, 0.2) is 0 Å². The molecule has 116 valence electrons. The number of hydrogen-bond acceptors (Lipinski definition) is 0. The van der Waals surface area contributed by atoms with Gasteiger partial charge in [-0.05, 0) is 29.3 Å². The first-order valence-electron chi connectivity index (χ1n) is 8.96. The van der Waals surface area contributed by atoms with Crippen LogP contribution >= 0.6 is 0 Å². The predicted molar refractivity (Wildman–Crippen MR) is 127 cm³/mol. The van der Waals surface area contributed by atoms with Crippen molar-refractivity contribution < 1.29 is 0 Å². The number of rotatable bonds is 1. The maximum atomic E-state index is 2.38. The molecule has 0 fully saturated rings. The zero-order chi connectivity index (χ0) is 17.9. The summed E-state index contributed by atoms with van der Waals surface area (Å²) in [6.45, 7) is 0. The Morgan fingerprint density at radius 1 is 0.640 bits per heavy atom. The number of aromatic nitrogens is 1. The number of nitrogens with zero attached hydrogens (tertiary/aromatic N) is 1. The highest BCUT2D eigenvalue weighted by molar-refractivity contribution is 6.68. The number of aryl methyl sites for hydroxylation is 1. The summed E-state index contributed by atoms with van der Waals surface area (Å²) in [6, 6.07) is 15.6. The van der Waals surface area contributed by atoms with Gasteiger partial charge in [0.05, 0.1) is 0 Å². The van der Waals surface area contributed by atoms with Crippen molar-refractivity contribution in [2.75, 3.05) is 0 Å². The van der Waals surface area contributed by atoms with Gasteiger partial charge in [0.2, 0.25) is 0 Å². The summed E-state index contributed by atoms with van der Waals surface area (Å²) in [6.07, 6.45) is 0. The van der Waals surface area contributed by atoms with Crippen LogP contribution in [0.2, 0.25) is 0 Å². The molecule has 0 amide bonds. The molecule has 25 heavy (non-hydrogen) atoms. The Balaban J connectivity index is 2.09. The molecule has 1 aromatic heterocycles. The van der Waals surface area contributed by atoms with Crippen LogP contribution in [0.3, 0.4) is 0 Å². The van der Waals surface area contributed by atoms with Gasteiger partial charge in [-0.2, -0.15) is 0 Å². The molecule has 0 aliphatic carbocycles. The van der Waals surface area contributed by atoms with Crippen molar-refractivity contribution in [1.29, 1.82) is 0 Å². The third kappa shape index (κ3) is 2.23. The molecule has 0 saturated carbocycles. The van der Waals surface area contributed by atoms with E-state index in [4.69, 9.17) is 0 Å². The Morgan fingerprint density at radius 2 is 1.20 bits per heavy atom. The molecule has 0 aliphatic rings. The van der Waals surface area contributed by atoms with Crippen molar-refractivity contribution in [3.63, 3.8) is 0 Å². The fourth-order valence-electron chi connectivity index (χ4n) is 4.26. The molecule has 0 unspecified atom stereocenters. The molecule has 3 aromatic carbocycles. The topological polar surface area (TPSA) is 4.93 Å². The molecule has 1 nitrogen and oxygen atoms in total. The molecule has 0 N–H and O–H groups in total. The smallest absolute Gasteiger partial charge is 0.139 e. The van der Waals surface area contributed by atoms with Gasteiger partial charge in [-0.25, -0.2) is 0 Å². The molecule has 4 rings (SSSR count). The molecule has 0 spiro atoms. The summed E-state index contributed by atoms with van der Waals surface area (Å²) in [4.78, 5) is 0. The lowest BCUT2D eigenvalue weighted by Crippen LogP contribution is -2.55. The Labute approximate surface area is 153 Å². The third-order valence-corrected chi connectivity index (χ3v) is 6.20. The summed E-state index contributed by atoms with van der Waals surface area (Å²) in [5.41, 5.74) is 12.4. The van der Waals surface area contributed by atoms with Gasteiger partial charge in [0.25, 0.3) is 0 Å². The van der Waals surface area contributed by atoms with Gasteiger partial charge in [-0.3, -0.25) is 0 Å². The maximum Gasteiger partial charge on any atom is 0.139 e. The average Bonchev–Trinajstić information content (AvgIpc) is 2.91. The first kappa shape index (κ1) is 16.3. The Kier molecular flexibility index (Phi) is 3.68. The van der Waals surface area contributed by atoms with Crippen LogP contribution in [0.4, 0.5) is 0 Å². The van der Waals surface area contributed by atoms with Crippen LogP contribution in [0.25, 0.3) is 32.9 Å². The third-order valence-electron chi connectivity index (χ3n) is 6.20. The quantitative estimate of drug-likeness (QED) is 0.319. The van der Waals surface area contributed by atoms with E-state index in [1.165, 1.54) is 60.2 Å². The van der Waals surface area contributed by atoms with Crippen molar-refractivity contribution in [2.24, 2.45) is 7.05 Å². The van der Waals surface area contributed by atoms with Gasteiger partial charge in [-0.1, -0.05) is 35.2 Å². The van der Waals surface area contributed by atoms with Gasteiger partial charge < -0.3 is 4.57 Å². The molecule has 0 bridgehead atoms. The van der Waals surface area contributed by atoms with Gasteiger partial charge in [0, 0.05) is 28.9 Å². The van der Waals surface area contributed by atoms with Crippen LogP contribution < -0.4 is 27.3 Å². The zero-order valence-corrected chi connectivity index (χ0v) is 16.0. The van der Waals surface area contributed by atoms with E-state index in [9.17, 15) is 0 Å². The highest BCUT2D eigenvalue weighted by Crippen LogP contribution is 2.30. The second kappa shape index (κ2) is 5.66. The second-order valence-corrected chi connectivity index (χ2v) is 7.31. The minimum atomic E-state index is 1.29. The Hall–Kier alpha value is -2.22. The van der Waals surface area contributed by atoms with E-state index in [2.05, 4.69) is 93.3 Å². The predicted octanol–water partition coefficient (Wildman–Crippen LogP) is -3.71. The maximum absolute atomic E-state index is 2.38. The summed E-state index contributed by atoms with van der Waals surface area (Å²) >= 11 is 0. The van der Waals surface area contributed by atoms with E-state index < -0.39 is 0 Å². The summed E-state index contributed by atoms with van der Waals surface area (Å²) in [7, 11) is 13.4. The molecular formula is C19H20B5N. The summed E-state index contributed by atoms with van der Waals surface area (Å²) in [5.74, 6) is 0. The van der Waals surface area contributed by atoms with Gasteiger partial charge in [-0.15, -0.1) is 16.4 Å². The van der Waals surface area contributed by atoms with Crippen LogP contribution in [0.5, 0.6) is 0 Å². The first-order valence-corrected chi connectivity index (χ1v) is 8.96. The largest absolute Gasteiger partial charge is 0.344 e. The van der Waals surface area contributed by atoms with E-state index in [-0.39, 0.29) is 0 Å². The molecule has 0 radical (unpaired) electrons. The SMILES string of the molecule is Bc1c(B)c(B)c(-c2ccc3c(c2)c2ccccc2n3C)c(B)c1B. The van der Waals surface area contributed by atoms with Crippen LogP contribution in [0.15, 0.2) is 42.5 Å². The van der Waals surface area contributed by atoms with Crippen LogP contribution in [-0.4, -0.2) is 43.8 Å². The zero-order valence-electron chi connectivity index (χ0n) is 16.0. The van der Waals surface area contributed by atoms with Crippen LogP contribution in [0.1, 0.15) is 0 Å². The van der Waals surface area contributed by atoms with Gasteiger partial charge >= 0.3 is 0 Å². The normalized spacial score (nSPS) is 11.4. The molecule has 0 atom stereocenters. The van der Waals surface area contributed by atoms with Crippen molar-refractivity contribution in [2.45, 2.75) is 0 Å². The Morgan fingerprint density at radius 3 is 1.88 bits per heavy atom. The van der Waals surface area contributed by atoms with E-state index in [1.54, 1.807) is 0 Å². The molecule has 4 aromatic rings. The standard InChI is InChI=1S/C19H20B5N/c1-25-12-5-3-2-4-10(12)11-8-9(6-7-13(11)25)14-15(20)17(22)19(24)18(23)16(14)21/h2-8H,20-24H2,1H3. The lowest BCUT2D eigenvalue weighted by molar-refractivity contribution is 1.01. The lowest BCUT2D eigenvalue weighted by atomic mass is 9.59. The summed E-state index contributed by atoms with van der Waals surface area (Å²) < 4.78 is 2.29. The van der Waals surface area contributed by atoms with Crippen molar-refractivity contribution in [1.82, 2.24) is 4.57 Å². The van der Waals surface area contributed by atoms with E-state index in [0.29, 0.717) is 0 Å². The number of hydrogen-bond donors (Lipinski definition) is 0. The minimum absolute atomic E-state index is 1.29. The van der Waals surface area contributed by atoms with E-state index in [0.717, 1.165) is 0 Å². The number of benzene rings is 3. The Bertz CT molecular complexity index is 1130. The number of fused-ring (bicyclic) bond motifs is 3. The minimum Gasteiger partial charge on any atom is -0.344 e. The molecule has 6 heteroatoms. The fourth-order valence-corrected chi connectivity index (χ4v) is 4.26. The van der Waals surface area contributed by atoms with Crippen molar-refractivity contribution in [3.05, 3.63) is 42.5 Å². The fraction of sp³-hybridized carbons (Fsp3) is 0.0526. The van der Waals surface area contributed by atoms with Crippen LogP contribution in [0, 0.1) is 0 Å². The van der Waals surface area contributed by atoms with Crippen molar-refractivity contribution in [3.8, 4) is 11.1 Å². The molecule has 0 saturated heterocycles. The highest BCUT2D eigenvalue weighted by Gasteiger charge is 2.15. The summed E-state index contributed by atoms with van der Waals surface area (Å²) in [5, 5.41) is 2.67. The molecule has 0 aliphatic heterocycles. The lowest BCUT2D eigenvalue weighted by Gasteiger charge is -2.20. The van der Waals surface area contributed by atoms with E-state index in [1.807, 2.05) is 0 Å². The molecular weight excluding hydrogens is 296 g/mol. The van der Waals surface area contributed by atoms with Gasteiger partial charge in [0.1, 0.15) is 39.2 Å². The monoisotopic (exact) mass is 317 g/mol. The second-order valence-electron chi connectivity index (χ2n) is 7.31. The first-order chi connectivity index (χ1) is 11.9. The van der Waals surface area contributed by atoms with E-state index >= 15 is 0 Å². The molecule has 1 heterocycles. The highest BCUT2D eigenvalue weighted by atomic mass is 14.9. The average molecular weight is 316 g/mol. The number of para-hydroxylation sites is 1. The van der Waals surface area contributed by atoms with Crippen LogP contribution in [-0.2, 0) is 7.05 Å². The van der Waals surface area contributed by atoms with Crippen molar-refractivity contribution >= 4 is 88.4 Å².